The number of fused-ring (bicyclic) bond motifs is 1. The number of rotatable bonds is 3. The second kappa shape index (κ2) is 5.99. The third-order valence-electron chi connectivity index (χ3n) is 2.75. The number of carbonyl (C=O) groups is 2. The molecular weight excluding hydrogens is 280 g/mol. The Morgan fingerprint density at radius 1 is 1.10 bits per heavy atom. The number of ether oxygens (including phenoxy) is 3. The van der Waals surface area contributed by atoms with Crippen LogP contribution in [0.15, 0.2) is 12.1 Å². The molecule has 2 rings (SSSR count). The van der Waals surface area contributed by atoms with Crippen LogP contribution in [0.4, 0.5) is 4.79 Å². The van der Waals surface area contributed by atoms with E-state index in [1.165, 1.54) is 21.3 Å². The van der Waals surface area contributed by atoms with Crippen LogP contribution in [-0.4, -0.2) is 43.5 Å². The first kappa shape index (κ1) is 14.4. The van der Waals surface area contributed by atoms with Crippen LogP contribution in [0.1, 0.15) is 10.5 Å². The molecule has 0 spiro atoms. The van der Waals surface area contributed by atoms with Crippen molar-refractivity contribution in [1.82, 2.24) is 21.0 Å². The smallest absolute Gasteiger partial charge is 0.425 e. The maximum atomic E-state index is 12.0. The molecule has 0 bridgehead atoms. The van der Waals surface area contributed by atoms with Gasteiger partial charge in [-0.05, 0) is 6.07 Å². The largest absolute Gasteiger partial charge is 0.493 e. The third-order valence-corrected chi connectivity index (χ3v) is 2.75. The summed E-state index contributed by atoms with van der Waals surface area (Å²) in [7, 11) is 4.18. The highest BCUT2D eigenvalue weighted by molar-refractivity contribution is 6.05. The molecule has 21 heavy (non-hydrogen) atoms. The first-order chi connectivity index (χ1) is 10.1. The molecule has 9 nitrogen and oxygen atoms in total. The van der Waals surface area contributed by atoms with Gasteiger partial charge in [0.15, 0.2) is 17.2 Å². The maximum absolute atomic E-state index is 12.0. The molecule has 9 heteroatoms. The number of amides is 2. The second-order valence-electron chi connectivity index (χ2n) is 3.90. The Morgan fingerprint density at radius 2 is 1.76 bits per heavy atom. The Hall–Kier alpha value is -2.97. The molecule has 0 saturated carbocycles. The van der Waals surface area contributed by atoms with Crippen LogP contribution in [0.2, 0.25) is 0 Å². The summed E-state index contributed by atoms with van der Waals surface area (Å²) < 4.78 is 14.7. The van der Waals surface area contributed by atoms with E-state index in [0.29, 0.717) is 22.4 Å². The van der Waals surface area contributed by atoms with Crippen molar-refractivity contribution in [2.75, 3.05) is 21.3 Å². The van der Waals surface area contributed by atoms with Crippen LogP contribution >= 0.6 is 0 Å². The fraction of sp³-hybridized carbons (Fsp3) is 0.250. The van der Waals surface area contributed by atoms with Crippen LogP contribution in [0.3, 0.4) is 0 Å². The fourth-order valence-electron chi connectivity index (χ4n) is 1.73. The minimum atomic E-state index is -0.789. The van der Waals surface area contributed by atoms with Gasteiger partial charge >= 0.3 is 6.09 Å². The quantitative estimate of drug-likeness (QED) is 0.713. The standard InChI is InChI=1S/C12H14N4O5/c1-19-8-4-6-7(5-9(8)20-2)13-14-10(6)11(17)15-16-12(18)21-3/h4-5H,1-3H3,(H,13,14)(H,15,17)(H,16,18). The van der Waals surface area contributed by atoms with E-state index in [4.69, 9.17) is 9.47 Å². The summed E-state index contributed by atoms with van der Waals surface area (Å²) in [6.07, 6.45) is -0.789. The van der Waals surface area contributed by atoms with Crippen molar-refractivity contribution < 1.29 is 23.8 Å². The average molecular weight is 294 g/mol. The van der Waals surface area contributed by atoms with Crippen LogP contribution < -0.4 is 20.3 Å². The summed E-state index contributed by atoms with van der Waals surface area (Å²) >= 11 is 0. The molecule has 1 heterocycles. The molecule has 0 atom stereocenters. The maximum Gasteiger partial charge on any atom is 0.425 e. The van der Waals surface area contributed by atoms with Gasteiger partial charge in [-0.3, -0.25) is 15.3 Å². The molecule has 2 aromatic rings. The summed E-state index contributed by atoms with van der Waals surface area (Å²) in [4.78, 5) is 22.9. The molecule has 0 fully saturated rings. The van der Waals surface area contributed by atoms with Crippen molar-refractivity contribution in [2.24, 2.45) is 0 Å². The van der Waals surface area contributed by atoms with Crippen molar-refractivity contribution in [1.29, 1.82) is 0 Å². The molecular formula is C12H14N4O5. The average Bonchev–Trinajstić information content (AvgIpc) is 2.93. The molecule has 3 N–H and O–H groups in total. The molecule has 0 radical (unpaired) electrons. The zero-order chi connectivity index (χ0) is 15.4. The monoisotopic (exact) mass is 294 g/mol. The van der Waals surface area contributed by atoms with Crippen molar-refractivity contribution in [3.63, 3.8) is 0 Å². The van der Waals surface area contributed by atoms with E-state index in [1.807, 2.05) is 0 Å². The molecule has 2 amide bonds. The van der Waals surface area contributed by atoms with Gasteiger partial charge in [0.25, 0.3) is 5.91 Å². The van der Waals surface area contributed by atoms with Gasteiger partial charge in [-0.25, -0.2) is 10.2 Å². The number of aromatic amines is 1. The van der Waals surface area contributed by atoms with Gasteiger partial charge in [-0.1, -0.05) is 0 Å². The summed E-state index contributed by atoms with van der Waals surface area (Å²) in [6.45, 7) is 0. The van der Waals surface area contributed by atoms with Gasteiger partial charge in [0, 0.05) is 11.5 Å². The molecule has 1 aromatic heterocycles. The van der Waals surface area contributed by atoms with E-state index < -0.39 is 12.0 Å². The topological polar surface area (TPSA) is 115 Å². The van der Waals surface area contributed by atoms with Gasteiger partial charge in [-0.2, -0.15) is 5.10 Å². The molecule has 0 aliphatic carbocycles. The number of carbonyl (C=O) groups excluding carboxylic acids is 2. The van der Waals surface area contributed by atoms with E-state index in [9.17, 15) is 9.59 Å². The van der Waals surface area contributed by atoms with Crippen molar-refractivity contribution >= 4 is 22.9 Å². The zero-order valence-corrected chi connectivity index (χ0v) is 11.6. The van der Waals surface area contributed by atoms with Gasteiger partial charge in [0.1, 0.15) is 0 Å². The van der Waals surface area contributed by atoms with E-state index >= 15 is 0 Å². The first-order valence-corrected chi connectivity index (χ1v) is 5.85. The number of H-pyrrole nitrogens is 1. The summed E-state index contributed by atoms with van der Waals surface area (Å²) in [6, 6.07) is 3.27. The number of nitrogens with one attached hydrogen (secondary N) is 3. The van der Waals surface area contributed by atoms with Crippen LogP contribution in [0.5, 0.6) is 11.5 Å². The van der Waals surface area contributed by atoms with Crippen LogP contribution in [0, 0.1) is 0 Å². The second-order valence-corrected chi connectivity index (χ2v) is 3.90. The molecule has 0 aliphatic rings. The lowest BCUT2D eigenvalue weighted by Crippen LogP contribution is -2.41. The van der Waals surface area contributed by atoms with E-state index in [1.54, 1.807) is 12.1 Å². The predicted octanol–water partition coefficient (Wildman–Crippen LogP) is 0.581. The van der Waals surface area contributed by atoms with Crippen molar-refractivity contribution in [3.8, 4) is 11.5 Å². The van der Waals surface area contributed by atoms with Crippen LogP contribution in [-0.2, 0) is 4.74 Å². The Labute approximate surface area is 119 Å². The van der Waals surface area contributed by atoms with Crippen LogP contribution in [0.25, 0.3) is 10.9 Å². The van der Waals surface area contributed by atoms with Crippen molar-refractivity contribution in [2.45, 2.75) is 0 Å². The number of nitrogens with zero attached hydrogens (tertiary/aromatic N) is 1. The lowest BCUT2D eigenvalue weighted by atomic mass is 10.2. The lowest BCUT2D eigenvalue weighted by molar-refractivity contribution is 0.0917. The normalized spacial score (nSPS) is 10.0. The number of hydrogen-bond donors (Lipinski definition) is 3. The molecule has 0 aliphatic heterocycles. The Bertz CT molecular complexity index is 682. The minimum absolute atomic E-state index is 0.0994. The summed E-state index contributed by atoms with van der Waals surface area (Å²) in [5.41, 5.74) is 4.93. The third kappa shape index (κ3) is 2.81. The van der Waals surface area contributed by atoms with Crippen molar-refractivity contribution in [3.05, 3.63) is 17.8 Å². The SMILES string of the molecule is COC(=O)NNC(=O)c1n[nH]c2cc(OC)c(OC)cc12. The highest BCUT2D eigenvalue weighted by Gasteiger charge is 2.17. The number of benzene rings is 1. The Balaban J connectivity index is 2.32. The Morgan fingerprint density at radius 3 is 2.38 bits per heavy atom. The highest BCUT2D eigenvalue weighted by atomic mass is 16.5. The number of aromatic nitrogens is 2. The van der Waals surface area contributed by atoms with E-state index in [2.05, 4.69) is 25.8 Å². The zero-order valence-electron chi connectivity index (χ0n) is 11.6. The number of methoxy groups -OCH3 is 3. The predicted molar refractivity (Wildman–Crippen MR) is 72.2 cm³/mol. The minimum Gasteiger partial charge on any atom is -0.493 e. The van der Waals surface area contributed by atoms with E-state index in [0.717, 1.165) is 0 Å². The summed E-state index contributed by atoms with van der Waals surface area (Å²) in [5, 5.41) is 7.14. The first-order valence-electron chi connectivity index (χ1n) is 5.85. The van der Waals surface area contributed by atoms with E-state index in [-0.39, 0.29) is 5.69 Å². The fourth-order valence-corrected chi connectivity index (χ4v) is 1.73. The number of hydrogen-bond acceptors (Lipinski definition) is 6. The summed E-state index contributed by atoms with van der Waals surface area (Å²) in [5.74, 6) is 0.369. The molecule has 0 unspecified atom stereocenters. The molecule has 1 aromatic carbocycles. The van der Waals surface area contributed by atoms with Gasteiger partial charge in [0.05, 0.1) is 26.8 Å². The highest BCUT2D eigenvalue weighted by Crippen LogP contribution is 2.32. The van der Waals surface area contributed by atoms with Gasteiger partial charge < -0.3 is 14.2 Å². The lowest BCUT2D eigenvalue weighted by Gasteiger charge is -2.07. The van der Waals surface area contributed by atoms with Gasteiger partial charge in [0.2, 0.25) is 0 Å². The Kier molecular flexibility index (Phi) is 4.12. The molecule has 0 saturated heterocycles. The van der Waals surface area contributed by atoms with Gasteiger partial charge in [-0.15, -0.1) is 0 Å². The number of hydrazine groups is 1. The molecule has 112 valence electrons.